The minimum Gasteiger partial charge on any atom is -0.357 e. The maximum absolute atomic E-state index is 11.4. The van der Waals surface area contributed by atoms with Crippen LogP contribution in [0.2, 0.25) is 0 Å². The number of hydrogen-bond acceptors (Lipinski definition) is 3. The van der Waals surface area contributed by atoms with Crippen LogP contribution in [-0.4, -0.2) is 33.7 Å². The van der Waals surface area contributed by atoms with Gasteiger partial charge < -0.3 is 10.6 Å². The van der Waals surface area contributed by atoms with Gasteiger partial charge in [-0.1, -0.05) is 32.0 Å². The van der Waals surface area contributed by atoms with Crippen molar-refractivity contribution < 1.29 is 8.42 Å². The summed E-state index contributed by atoms with van der Waals surface area (Å²) in [5, 5.41) is 6.48. The van der Waals surface area contributed by atoms with Gasteiger partial charge in [0.15, 0.2) is 5.96 Å². The maximum atomic E-state index is 11.4. The second-order valence-electron chi connectivity index (χ2n) is 5.84. The van der Waals surface area contributed by atoms with Crippen LogP contribution in [0.3, 0.4) is 0 Å². The Hall–Kier alpha value is -1.03. The van der Waals surface area contributed by atoms with Crippen LogP contribution in [-0.2, 0) is 16.6 Å². The quantitative estimate of drug-likeness (QED) is 0.311. The lowest BCUT2D eigenvalue weighted by Gasteiger charge is -2.13. The summed E-state index contributed by atoms with van der Waals surface area (Å²) in [4.78, 5) is 4.53. The average Bonchev–Trinajstić information content (AvgIpc) is 2.44. The van der Waals surface area contributed by atoms with Crippen LogP contribution in [0, 0.1) is 5.92 Å². The fraction of sp³-hybridized carbons (Fsp3) is 0.562. The van der Waals surface area contributed by atoms with Crippen LogP contribution < -0.4 is 15.4 Å². The normalized spacial score (nSPS) is 11.8. The molecular weight excluding hydrogens is 439 g/mol. The molecule has 0 spiro atoms. The van der Waals surface area contributed by atoms with E-state index >= 15 is 0 Å². The Balaban J connectivity index is 0.00000529. The summed E-state index contributed by atoms with van der Waals surface area (Å²) in [6.45, 7) is 8.40. The van der Waals surface area contributed by atoms with E-state index in [0.717, 1.165) is 37.3 Å². The number of hydrogen-bond donors (Lipinski definition) is 3. The highest BCUT2D eigenvalue weighted by molar-refractivity contribution is 14.0. The fourth-order valence-electron chi connectivity index (χ4n) is 1.94. The Morgan fingerprint density at radius 2 is 1.88 bits per heavy atom. The Morgan fingerprint density at radius 1 is 1.21 bits per heavy atom. The molecule has 6 nitrogen and oxygen atoms in total. The monoisotopic (exact) mass is 468 g/mol. The van der Waals surface area contributed by atoms with Gasteiger partial charge in [0.25, 0.3) is 0 Å². The summed E-state index contributed by atoms with van der Waals surface area (Å²) < 4.78 is 25.4. The first-order valence-electron chi connectivity index (χ1n) is 7.89. The van der Waals surface area contributed by atoms with Crippen LogP contribution in [0.25, 0.3) is 0 Å². The molecule has 0 fully saturated rings. The summed E-state index contributed by atoms with van der Waals surface area (Å²) in [7, 11) is -3.30. The largest absolute Gasteiger partial charge is 0.357 e. The minimum atomic E-state index is -3.30. The van der Waals surface area contributed by atoms with Gasteiger partial charge in [-0.15, -0.1) is 24.0 Å². The number of anilines is 1. The average molecular weight is 468 g/mol. The molecule has 0 saturated heterocycles. The molecule has 1 aromatic carbocycles. The molecule has 0 aliphatic carbocycles. The van der Waals surface area contributed by atoms with Crippen LogP contribution in [0.4, 0.5) is 5.69 Å². The topological polar surface area (TPSA) is 82.6 Å². The Morgan fingerprint density at radius 3 is 2.46 bits per heavy atom. The standard InChI is InChI=1S/C16H28N4O2S.HI/c1-5-17-16(18-11-10-13(2)3)19-12-14-8-6-7-9-15(14)20-23(4,21)22;/h6-9,13,20H,5,10-12H2,1-4H3,(H2,17,18,19);1H. The van der Waals surface area contributed by atoms with Crippen molar-refractivity contribution in [1.82, 2.24) is 10.6 Å². The molecule has 0 aliphatic rings. The second kappa shape index (κ2) is 11.5. The van der Waals surface area contributed by atoms with Crippen molar-refractivity contribution in [2.24, 2.45) is 10.9 Å². The number of para-hydroxylation sites is 1. The number of nitrogens with one attached hydrogen (secondary N) is 3. The van der Waals surface area contributed by atoms with Crippen molar-refractivity contribution in [3.63, 3.8) is 0 Å². The molecular formula is C16H29IN4O2S. The van der Waals surface area contributed by atoms with Crippen LogP contribution in [0.5, 0.6) is 0 Å². The zero-order chi connectivity index (χ0) is 17.3. The summed E-state index contributed by atoms with van der Waals surface area (Å²) in [5.74, 6) is 1.37. The molecule has 1 aromatic rings. The van der Waals surface area contributed by atoms with Gasteiger partial charge in [-0.2, -0.15) is 0 Å². The van der Waals surface area contributed by atoms with E-state index in [1.54, 1.807) is 12.1 Å². The van der Waals surface area contributed by atoms with E-state index in [2.05, 4.69) is 34.2 Å². The smallest absolute Gasteiger partial charge is 0.229 e. The SMILES string of the molecule is CCNC(=NCc1ccccc1NS(C)(=O)=O)NCCC(C)C.I. The highest BCUT2D eigenvalue weighted by Crippen LogP contribution is 2.17. The molecule has 0 unspecified atom stereocenters. The van der Waals surface area contributed by atoms with E-state index in [4.69, 9.17) is 0 Å². The highest BCUT2D eigenvalue weighted by atomic mass is 127. The third-order valence-corrected chi connectivity index (χ3v) is 3.67. The zero-order valence-corrected chi connectivity index (χ0v) is 17.9. The predicted octanol–water partition coefficient (Wildman–Crippen LogP) is 2.78. The molecule has 0 bridgehead atoms. The number of benzene rings is 1. The van der Waals surface area contributed by atoms with Gasteiger partial charge in [0, 0.05) is 13.1 Å². The highest BCUT2D eigenvalue weighted by Gasteiger charge is 2.07. The van der Waals surface area contributed by atoms with Gasteiger partial charge in [0.2, 0.25) is 10.0 Å². The van der Waals surface area contributed by atoms with Crippen LogP contribution in [0.15, 0.2) is 29.3 Å². The molecule has 0 saturated carbocycles. The number of rotatable bonds is 8. The second-order valence-corrected chi connectivity index (χ2v) is 7.58. The lowest BCUT2D eigenvalue weighted by atomic mass is 10.1. The number of sulfonamides is 1. The first kappa shape index (κ1) is 23.0. The molecule has 0 aliphatic heterocycles. The van der Waals surface area contributed by atoms with E-state index in [9.17, 15) is 8.42 Å². The van der Waals surface area contributed by atoms with E-state index in [-0.39, 0.29) is 24.0 Å². The predicted molar refractivity (Wildman–Crippen MR) is 113 cm³/mol. The van der Waals surface area contributed by atoms with Crippen molar-refractivity contribution in [2.75, 3.05) is 24.1 Å². The number of guanidine groups is 1. The van der Waals surface area contributed by atoms with E-state index in [1.165, 1.54) is 0 Å². The van der Waals surface area contributed by atoms with E-state index in [0.29, 0.717) is 18.2 Å². The van der Waals surface area contributed by atoms with Gasteiger partial charge >= 0.3 is 0 Å². The summed E-state index contributed by atoms with van der Waals surface area (Å²) in [5.41, 5.74) is 1.40. The van der Waals surface area contributed by atoms with Gasteiger partial charge in [-0.05, 0) is 30.9 Å². The lowest BCUT2D eigenvalue weighted by Crippen LogP contribution is -2.38. The summed E-state index contributed by atoms with van der Waals surface area (Å²) in [6.07, 6.45) is 2.21. The first-order valence-corrected chi connectivity index (χ1v) is 9.79. The third-order valence-electron chi connectivity index (χ3n) is 3.08. The Kier molecular flexibility index (Phi) is 11.0. The van der Waals surface area contributed by atoms with E-state index in [1.807, 2.05) is 19.1 Å². The molecule has 0 atom stereocenters. The zero-order valence-electron chi connectivity index (χ0n) is 14.8. The van der Waals surface area contributed by atoms with Crippen LogP contribution in [0.1, 0.15) is 32.8 Å². The molecule has 0 heterocycles. The van der Waals surface area contributed by atoms with Gasteiger partial charge in [-0.3, -0.25) is 4.72 Å². The number of aliphatic imine (C=N–C) groups is 1. The third kappa shape index (κ3) is 9.96. The lowest BCUT2D eigenvalue weighted by molar-refractivity contribution is 0.573. The molecule has 138 valence electrons. The van der Waals surface area contributed by atoms with Crippen molar-refractivity contribution >= 4 is 45.6 Å². The minimum absolute atomic E-state index is 0. The molecule has 0 radical (unpaired) electrons. The van der Waals surface area contributed by atoms with Gasteiger partial charge in [0.1, 0.15) is 0 Å². The van der Waals surface area contributed by atoms with Crippen LogP contribution >= 0.6 is 24.0 Å². The molecule has 3 N–H and O–H groups in total. The molecule has 0 amide bonds. The van der Waals surface area contributed by atoms with Crippen molar-refractivity contribution in [1.29, 1.82) is 0 Å². The van der Waals surface area contributed by atoms with Crippen molar-refractivity contribution in [2.45, 2.75) is 33.7 Å². The molecule has 0 aromatic heterocycles. The number of halogens is 1. The molecule has 1 rings (SSSR count). The van der Waals surface area contributed by atoms with E-state index < -0.39 is 10.0 Å². The Bertz CT molecular complexity index is 618. The van der Waals surface area contributed by atoms with Gasteiger partial charge in [0.05, 0.1) is 18.5 Å². The van der Waals surface area contributed by atoms with Crippen molar-refractivity contribution in [3.8, 4) is 0 Å². The summed E-state index contributed by atoms with van der Waals surface area (Å²) in [6, 6.07) is 7.28. The maximum Gasteiger partial charge on any atom is 0.229 e. The Labute approximate surface area is 163 Å². The fourth-order valence-corrected chi connectivity index (χ4v) is 2.54. The first-order chi connectivity index (χ1) is 10.8. The van der Waals surface area contributed by atoms with Gasteiger partial charge in [-0.25, -0.2) is 13.4 Å². The molecule has 24 heavy (non-hydrogen) atoms. The molecule has 8 heteroatoms. The summed E-state index contributed by atoms with van der Waals surface area (Å²) >= 11 is 0. The van der Waals surface area contributed by atoms with Crippen molar-refractivity contribution in [3.05, 3.63) is 29.8 Å². The number of nitrogens with zero attached hydrogens (tertiary/aromatic N) is 1.